The van der Waals surface area contributed by atoms with Crippen molar-refractivity contribution in [3.8, 4) is 0 Å². The fourth-order valence-electron chi connectivity index (χ4n) is 3.37. The van der Waals surface area contributed by atoms with E-state index in [1.54, 1.807) is 0 Å². The quantitative estimate of drug-likeness (QED) is 0.831. The summed E-state index contributed by atoms with van der Waals surface area (Å²) in [5, 5.41) is 3.78. The third-order valence-electron chi connectivity index (χ3n) is 4.38. The van der Waals surface area contributed by atoms with Crippen LogP contribution in [-0.4, -0.2) is 46.2 Å². The van der Waals surface area contributed by atoms with E-state index in [1.807, 2.05) is 18.7 Å². The number of nitrogens with zero attached hydrogens (tertiary/aromatic N) is 3. The molecule has 0 aliphatic carbocycles. The minimum Gasteiger partial charge on any atom is -0.336 e. The molecule has 2 heterocycles. The van der Waals surface area contributed by atoms with Gasteiger partial charge in [0.05, 0.1) is 6.33 Å². The number of hydrogen-bond donors (Lipinski definition) is 1. The Morgan fingerprint density at radius 1 is 1.40 bits per heavy atom. The van der Waals surface area contributed by atoms with Gasteiger partial charge in [-0.1, -0.05) is 6.92 Å². The van der Waals surface area contributed by atoms with E-state index in [9.17, 15) is 0 Å². The van der Waals surface area contributed by atoms with E-state index in [4.69, 9.17) is 0 Å². The highest BCUT2D eigenvalue weighted by molar-refractivity contribution is 4.83. The van der Waals surface area contributed by atoms with E-state index in [1.165, 1.54) is 38.9 Å². The van der Waals surface area contributed by atoms with Crippen molar-refractivity contribution in [1.29, 1.82) is 0 Å². The third-order valence-corrected chi connectivity index (χ3v) is 4.38. The Hall–Kier alpha value is -0.870. The fourth-order valence-corrected chi connectivity index (χ4v) is 3.37. The number of rotatable bonds is 7. The van der Waals surface area contributed by atoms with Crippen LogP contribution in [0.2, 0.25) is 0 Å². The van der Waals surface area contributed by atoms with Crippen molar-refractivity contribution in [2.24, 2.45) is 5.92 Å². The van der Waals surface area contributed by atoms with Gasteiger partial charge in [-0.05, 0) is 52.1 Å². The number of piperidine rings is 1. The Labute approximate surface area is 123 Å². The lowest BCUT2D eigenvalue weighted by molar-refractivity contribution is 0.146. The normalized spacial score (nSPS) is 23.6. The molecule has 1 aromatic heterocycles. The molecule has 1 N–H and O–H groups in total. The maximum Gasteiger partial charge on any atom is 0.0946 e. The Bertz CT molecular complexity index is 361. The zero-order chi connectivity index (χ0) is 14.4. The summed E-state index contributed by atoms with van der Waals surface area (Å²) in [5.74, 6) is 0.792. The lowest BCUT2D eigenvalue weighted by atomic mass is 9.91. The van der Waals surface area contributed by atoms with E-state index in [0.717, 1.165) is 12.5 Å². The van der Waals surface area contributed by atoms with Gasteiger partial charge in [0, 0.05) is 37.6 Å². The molecule has 0 radical (unpaired) electrons. The van der Waals surface area contributed by atoms with E-state index < -0.39 is 0 Å². The molecule has 4 heteroatoms. The van der Waals surface area contributed by atoms with Crippen molar-refractivity contribution in [3.63, 3.8) is 0 Å². The van der Waals surface area contributed by atoms with Crippen molar-refractivity contribution >= 4 is 0 Å². The fraction of sp³-hybridized carbons (Fsp3) is 0.812. The summed E-state index contributed by atoms with van der Waals surface area (Å²) in [5.41, 5.74) is 0. The van der Waals surface area contributed by atoms with Crippen LogP contribution in [0, 0.1) is 5.92 Å². The van der Waals surface area contributed by atoms with Gasteiger partial charge in [-0.15, -0.1) is 0 Å². The lowest BCUT2D eigenvalue weighted by Crippen LogP contribution is -2.47. The average molecular weight is 278 g/mol. The summed E-state index contributed by atoms with van der Waals surface area (Å²) in [7, 11) is 0. The predicted molar refractivity (Wildman–Crippen MR) is 83.7 cm³/mol. The smallest absolute Gasteiger partial charge is 0.0946 e. The highest BCUT2D eigenvalue weighted by Crippen LogP contribution is 2.20. The molecule has 0 aromatic carbocycles. The summed E-state index contributed by atoms with van der Waals surface area (Å²) in [6.45, 7) is 11.7. The molecule has 0 spiro atoms. The lowest BCUT2D eigenvalue weighted by Gasteiger charge is -2.37. The van der Waals surface area contributed by atoms with Crippen LogP contribution < -0.4 is 5.32 Å². The highest BCUT2D eigenvalue weighted by Gasteiger charge is 2.24. The van der Waals surface area contributed by atoms with Crippen molar-refractivity contribution in [3.05, 3.63) is 18.7 Å². The van der Waals surface area contributed by atoms with Gasteiger partial charge in [0.2, 0.25) is 0 Å². The van der Waals surface area contributed by atoms with Gasteiger partial charge < -0.3 is 14.8 Å². The van der Waals surface area contributed by atoms with Crippen molar-refractivity contribution in [1.82, 2.24) is 19.8 Å². The van der Waals surface area contributed by atoms with Gasteiger partial charge in [0.15, 0.2) is 0 Å². The molecule has 0 bridgehead atoms. The first kappa shape index (κ1) is 15.5. The Morgan fingerprint density at radius 3 is 2.95 bits per heavy atom. The van der Waals surface area contributed by atoms with E-state index in [0.29, 0.717) is 12.1 Å². The van der Waals surface area contributed by atoms with Crippen molar-refractivity contribution in [2.75, 3.05) is 19.6 Å². The summed E-state index contributed by atoms with van der Waals surface area (Å²) >= 11 is 0. The van der Waals surface area contributed by atoms with Crippen LogP contribution in [0.15, 0.2) is 18.7 Å². The minimum atomic E-state index is 0.487. The van der Waals surface area contributed by atoms with Gasteiger partial charge in [-0.25, -0.2) is 4.98 Å². The molecule has 2 rings (SSSR count). The Balaban J connectivity index is 1.76. The maximum absolute atomic E-state index is 4.10. The SMILES string of the molecule is CCCN1CCCC(C(C)NC(C)Cn2ccnc2)C1. The maximum atomic E-state index is 4.10. The summed E-state index contributed by atoms with van der Waals surface area (Å²) < 4.78 is 2.15. The van der Waals surface area contributed by atoms with E-state index >= 15 is 0 Å². The molecular weight excluding hydrogens is 248 g/mol. The van der Waals surface area contributed by atoms with Crippen molar-refractivity contribution < 1.29 is 0 Å². The molecule has 1 saturated heterocycles. The molecule has 114 valence electrons. The van der Waals surface area contributed by atoms with Crippen LogP contribution in [0.3, 0.4) is 0 Å². The van der Waals surface area contributed by atoms with E-state index in [-0.39, 0.29) is 0 Å². The molecule has 0 amide bonds. The Morgan fingerprint density at radius 2 is 2.25 bits per heavy atom. The van der Waals surface area contributed by atoms with Gasteiger partial charge in [0.1, 0.15) is 0 Å². The summed E-state index contributed by atoms with van der Waals surface area (Å²) in [6, 6.07) is 1.08. The molecule has 20 heavy (non-hydrogen) atoms. The first-order valence-electron chi connectivity index (χ1n) is 8.13. The standard InChI is InChI=1S/C16H30N4/c1-4-8-19-9-5-6-16(12-19)15(3)18-14(2)11-20-10-7-17-13-20/h7,10,13-16,18H,4-6,8-9,11-12H2,1-3H3. The van der Waals surface area contributed by atoms with Gasteiger partial charge in [-0.3, -0.25) is 0 Å². The van der Waals surface area contributed by atoms with Crippen LogP contribution in [0.4, 0.5) is 0 Å². The first-order chi connectivity index (χ1) is 9.69. The number of hydrogen-bond acceptors (Lipinski definition) is 3. The molecule has 0 saturated carbocycles. The largest absolute Gasteiger partial charge is 0.336 e. The monoisotopic (exact) mass is 278 g/mol. The molecule has 1 fully saturated rings. The summed E-state index contributed by atoms with van der Waals surface area (Å²) in [6.07, 6.45) is 9.77. The van der Waals surface area contributed by atoms with Crippen molar-refractivity contribution in [2.45, 2.75) is 58.7 Å². The first-order valence-corrected chi connectivity index (χ1v) is 8.13. The van der Waals surface area contributed by atoms with Gasteiger partial charge in [0.25, 0.3) is 0 Å². The van der Waals surface area contributed by atoms with Gasteiger partial charge in [-0.2, -0.15) is 0 Å². The zero-order valence-corrected chi connectivity index (χ0v) is 13.3. The number of likely N-dealkylation sites (tertiary alicyclic amines) is 1. The molecule has 1 aromatic rings. The second-order valence-electron chi connectivity index (χ2n) is 6.32. The molecule has 1 aliphatic rings. The molecule has 1 aliphatic heterocycles. The average Bonchev–Trinajstić information content (AvgIpc) is 2.92. The van der Waals surface area contributed by atoms with Crippen LogP contribution >= 0.6 is 0 Å². The molecule has 3 atom stereocenters. The van der Waals surface area contributed by atoms with E-state index in [2.05, 4.69) is 40.5 Å². The molecule has 4 nitrogen and oxygen atoms in total. The second-order valence-corrected chi connectivity index (χ2v) is 6.32. The molecule has 3 unspecified atom stereocenters. The predicted octanol–water partition coefficient (Wildman–Crippen LogP) is 2.37. The number of imidazole rings is 1. The van der Waals surface area contributed by atoms with Crippen LogP contribution in [0.1, 0.15) is 40.0 Å². The summed E-state index contributed by atoms with van der Waals surface area (Å²) in [4.78, 5) is 6.73. The third kappa shape index (κ3) is 4.60. The second kappa shape index (κ2) is 7.79. The van der Waals surface area contributed by atoms with Crippen LogP contribution in [0.25, 0.3) is 0 Å². The zero-order valence-electron chi connectivity index (χ0n) is 13.3. The topological polar surface area (TPSA) is 33.1 Å². The highest BCUT2D eigenvalue weighted by atomic mass is 15.1. The number of nitrogens with one attached hydrogen (secondary N) is 1. The molecular formula is C16H30N4. The van der Waals surface area contributed by atoms with Crippen LogP contribution in [0.5, 0.6) is 0 Å². The van der Waals surface area contributed by atoms with Gasteiger partial charge >= 0.3 is 0 Å². The number of aromatic nitrogens is 2. The minimum absolute atomic E-state index is 0.487. The van der Waals surface area contributed by atoms with Crippen LogP contribution in [-0.2, 0) is 6.54 Å². The Kier molecular flexibility index (Phi) is 6.05.